The van der Waals surface area contributed by atoms with E-state index in [1.165, 1.54) is 0 Å². The number of benzene rings is 1. The molecule has 0 radical (unpaired) electrons. The minimum atomic E-state index is 0.131. The van der Waals surface area contributed by atoms with E-state index in [4.69, 9.17) is 4.74 Å². The fourth-order valence-corrected chi connectivity index (χ4v) is 2.45. The van der Waals surface area contributed by atoms with Crippen LogP contribution in [0, 0.1) is 12.8 Å². The van der Waals surface area contributed by atoms with Gasteiger partial charge in [0.25, 0.3) is 0 Å². The van der Waals surface area contributed by atoms with Gasteiger partial charge in [-0.1, -0.05) is 27.6 Å². The van der Waals surface area contributed by atoms with Crippen molar-refractivity contribution in [3.63, 3.8) is 0 Å². The van der Waals surface area contributed by atoms with E-state index in [1.807, 2.05) is 25.1 Å². The van der Waals surface area contributed by atoms with Gasteiger partial charge in [0, 0.05) is 29.2 Å². The van der Waals surface area contributed by atoms with Crippen molar-refractivity contribution in [1.82, 2.24) is 0 Å². The first-order chi connectivity index (χ1) is 7.68. The first kappa shape index (κ1) is 11.8. The summed E-state index contributed by atoms with van der Waals surface area (Å²) >= 11 is 3.45. The number of carbonyl (C=O) groups excluding carboxylic acids is 1. The zero-order valence-electron chi connectivity index (χ0n) is 9.33. The van der Waals surface area contributed by atoms with E-state index < -0.39 is 0 Å². The molecule has 86 valence electrons. The zero-order valence-corrected chi connectivity index (χ0v) is 10.9. The molecule has 0 saturated carbocycles. The molecule has 1 aliphatic rings. The van der Waals surface area contributed by atoms with Crippen molar-refractivity contribution in [1.29, 1.82) is 0 Å². The van der Waals surface area contributed by atoms with E-state index in [2.05, 4.69) is 15.9 Å². The number of rotatable bonds is 2. The number of hydrogen-bond donors (Lipinski definition) is 0. The maximum Gasteiger partial charge on any atom is 0.167 e. The molecular weight excluding hydrogens is 268 g/mol. The van der Waals surface area contributed by atoms with E-state index in [-0.39, 0.29) is 11.7 Å². The molecule has 0 spiro atoms. The van der Waals surface area contributed by atoms with Gasteiger partial charge in [0.05, 0.1) is 0 Å². The Morgan fingerprint density at radius 1 is 1.38 bits per heavy atom. The lowest BCUT2D eigenvalue weighted by atomic mass is 9.90. The zero-order chi connectivity index (χ0) is 11.5. The third kappa shape index (κ3) is 2.53. The third-order valence-electron chi connectivity index (χ3n) is 2.98. The monoisotopic (exact) mass is 282 g/mol. The average Bonchev–Trinajstić information content (AvgIpc) is 2.32. The van der Waals surface area contributed by atoms with Gasteiger partial charge in [0.1, 0.15) is 0 Å². The molecule has 1 heterocycles. The van der Waals surface area contributed by atoms with E-state index in [0.717, 1.165) is 28.4 Å². The molecule has 1 aromatic carbocycles. The quantitative estimate of drug-likeness (QED) is 0.778. The number of carbonyl (C=O) groups is 1. The number of Topliss-reactive ketones (excluding diaryl/α,β-unsaturated/α-hetero) is 1. The Balaban J connectivity index is 2.22. The molecule has 0 N–H and O–H groups in total. The van der Waals surface area contributed by atoms with Gasteiger partial charge < -0.3 is 4.74 Å². The molecule has 0 unspecified atom stereocenters. The smallest absolute Gasteiger partial charge is 0.167 e. The van der Waals surface area contributed by atoms with Crippen LogP contribution in [0.25, 0.3) is 0 Å². The Bertz CT molecular complexity index is 395. The van der Waals surface area contributed by atoms with Crippen LogP contribution >= 0.6 is 15.9 Å². The van der Waals surface area contributed by atoms with Gasteiger partial charge in [-0.2, -0.15) is 0 Å². The molecule has 1 aromatic rings. The Morgan fingerprint density at radius 2 is 2.06 bits per heavy atom. The van der Waals surface area contributed by atoms with Crippen LogP contribution in [-0.2, 0) is 4.74 Å². The summed E-state index contributed by atoms with van der Waals surface area (Å²) in [4.78, 5) is 12.3. The second kappa shape index (κ2) is 5.11. The van der Waals surface area contributed by atoms with Crippen molar-refractivity contribution < 1.29 is 9.53 Å². The van der Waals surface area contributed by atoms with E-state index in [0.29, 0.717) is 13.2 Å². The molecule has 16 heavy (non-hydrogen) atoms. The van der Waals surface area contributed by atoms with E-state index in [9.17, 15) is 4.79 Å². The third-order valence-corrected chi connectivity index (χ3v) is 3.67. The molecule has 0 aliphatic carbocycles. The average molecular weight is 283 g/mol. The Hall–Kier alpha value is -0.670. The van der Waals surface area contributed by atoms with Crippen molar-refractivity contribution in [3.05, 3.63) is 33.8 Å². The van der Waals surface area contributed by atoms with Crippen LogP contribution in [0.5, 0.6) is 0 Å². The number of ketones is 1. The SMILES string of the molecule is Cc1ccc(Br)c(C(=O)C2CCOCC2)c1. The van der Waals surface area contributed by atoms with Gasteiger partial charge in [-0.15, -0.1) is 0 Å². The normalized spacial score (nSPS) is 17.4. The van der Waals surface area contributed by atoms with Crippen LogP contribution in [0.1, 0.15) is 28.8 Å². The lowest BCUT2D eigenvalue weighted by molar-refractivity contribution is 0.0544. The maximum atomic E-state index is 12.3. The highest BCUT2D eigenvalue weighted by atomic mass is 79.9. The van der Waals surface area contributed by atoms with Gasteiger partial charge in [-0.3, -0.25) is 4.79 Å². The Kier molecular flexibility index (Phi) is 3.77. The molecule has 0 aromatic heterocycles. The van der Waals surface area contributed by atoms with Gasteiger partial charge in [0.15, 0.2) is 5.78 Å². The van der Waals surface area contributed by atoms with Crippen molar-refractivity contribution in [3.8, 4) is 0 Å². The highest BCUT2D eigenvalue weighted by molar-refractivity contribution is 9.10. The van der Waals surface area contributed by atoms with Crippen molar-refractivity contribution in [2.24, 2.45) is 5.92 Å². The number of hydrogen-bond acceptors (Lipinski definition) is 2. The van der Waals surface area contributed by atoms with Crippen LogP contribution in [0.4, 0.5) is 0 Å². The van der Waals surface area contributed by atoms with Gasteiger partial charge in [-0.05, 0) is 31.9 Å². The summed E-state index contributed by atoms with van der Waals surface area (Å²) in [5.74, 6) is 0.380. The summed E-state index contributed by atoms with van der Waals surface area (Å²) in [7, 11) is 0. The van der Waals surface area contributed by atoms with Crippen LogP contribution in [0.15, 0.2) is 22.7 Å². The van der Waals surface area contributed by atoms with Gasteiger partial charge in [0.2, 0.25) is 0 Å². The molecule has 1 fully saturated rings. The molecule has 1 aliphatic heterocycles. The first-order valence-corrected chi connectivity index (χ1v) is 6.36. The molecule has 2 rings (SSSR count). The highest BCUT2D eigenvalue weighted by Gasteiger charge is 2.24. The minimum absolute atomic E-state index is 0.131. The van der Waals surface area contributed by atoms with Gasteiger partial charge >= 0.3 is 0 Å². The second-order valence-electron chi connectivity index (χ2n) is 4.23. The van der Waals surface area contributed by atoms with E-state index >= 15 is 0 Å². The molecular formula is C13H15BrO2. The summed E-state index contributed by atoms with van der Waals surface area (Å²) in [6, 6.07) is 5.91. The van der Waals surface area contributed by atoms with Crippen LogP contribution < -0.4 is 0 Å². The van der Waals surface area contributed by atoms with Crippen LogP contribution in [0.3, 0.4) is 0 Å². The molecule has 0 bridgehead atoms. The van der Waals surface area contributed by atoms with E-state index in [1.54, 1.807) is 0 Å². The molecule has 3 heteroatoms. The highest BCUT2D eigenvalue weighted by Crippen LogP contribution is 2.25. The maximum absolute atomic E-state index is 12.3. The number of halogens is 1. The number of aryl methyl sites for hydroxylation is 1. The lowest BCUT2D eigenvalue weighted by Gasteiger charge is -2.21. The van der Waals surface area contributed by atoms with Crippen molar-refractivity contribution in [2.45, 2.75) is 19.8 Å². The summed E-state index contributed by atoms with van der Waals surface area (Å²) in [5, 5.41) is 0. The first-order valence-electron chi connectivity index (χ1n) is 5.56. The predicted molar refractivity (Wildman–Crippen MR) is 66.8 cm³/mol. The summed E-state index contributed by atoms with van der Waals surface area (Å²) in [6.45, 7) is 3.42. The summed E-state index contributed by atoms with van der Waals surface area (Å²) in [5.41, 5.74) is 1.94. The fourth-order valence-electron chi connectivity index (χ4n) is 2.01. The standard InChI is InChI=1S/C13H15BrO2/c1-9-2-3-12(14)11(8-9)13(15)10-4-6-16-7-5-10/h2-3,8,10H,4-7H2,1H3. The minimum Gasteiger partial charge on any atom is -0.381 e. The predicted octanol–water partition coefficient (Wildman–Crippen LogP) is 3.37. The van der Waals surface area contributed by atoms with Gasteiger partial charge in [-0.25, -0.2) is 0 Å². The topological polar surface area (TPSA) is 26.3 Å². The van der Waals surface area contributed by atoms with Crippen molar-refractivity contribution >= 4 is 21.7 Å². The van der Waals surface area contributed by atoms with Crippen molar-refractivity contribution in [2.75, 3.05) is 13.2 Å². The number of ether oxygens (including phenoxy) is 1. The molecule has 2 nitrogen and oxygen atoms in total. The Labute approximate surface area is 104 Å². The van der Waals surface area contributed by atoms with Crippen LogP contribution in [-0.4, -0.2) is 19.0 Å². The molecule has 1 saturated heterocycles. The summed E-state index contributed by atoms with van der Waals surface area (Å²) in [6.07, 6.45) is 1.69. The Morgan fingerprint density at radius 3 is 2.75 bits per heavy atom. The van der Waals surface area contributed by atoms with Crippen LogP contribution in [0.2, 0.25) is 0 Å². The molecule has 0 amide bonds. The summed E-state index contributed by atoms with van der Waals surface area (Å²) < 4.78 is 6.17. The largest absolute Gasteiger partial charge is 0.381 e. The fraction of sp³-hybridized carbons (Fsp3) is 0.462. The lowest BCUT2D eigenvalue weighted by Crippen LogP contribution is -2.23. The second-order valence-corrected chi connectivity index (χ2v) is 5.09. The molecule has 0 atom stereocenters.